The number of anilines is 1. The lowest BCUT2D eigenvalue weighted by Gasteiger charge is -2.32. The van der Waals surface area contributed by atoms with Crippen LogP contribution in [0, 0.1) is 0 Å². The van der Waals surface area contributed by atoms with Crippen LogP contribution in [0.5, 0.6) is 0 Å². The predicted molar refractivity (Wildman–Crippen MR) is 116 cm³/mol. The number of aliphatic hydroxyl groups excluding tert-OH is 2. The fourth-order valence-corrected chi connectivity index (χ4v) is 5.21. The summed E-state index contributed by atoms with van der Waals surface area (Å²) in [7, 11) is -4.22. The zero-order valence-electron chi connectivity index (χ0n) is 17.4. The molecule has 0 saturated carbocycles. The minimum atomic E-state index is -4.22. The van der Waals surface area contributed by atoms with Gasteiger partial charge in [-0.3, -0.25) is 18.1 Å². The molecule has 6 atom stereocenters. The molecule has 0 radical (unpaired) electrons. The highest BCUT2D eigenvalue weighted by Gasteiger charge is 2.56. The molecule has 2 fully saturated rings. The van der Waals surface area contributed by atoms with E-state index in [1.807, 2.05) is 0 Å². The summed E-state index contributed by atoms with van der Waals surface area (Å²) in [5.41, 5.74) is 12.0. The number of hydrogen-bond donors (Lipinski definition) is 3. The summed E-state index contributed by atoms with van der Waals surface area (Å²) in [4.78, 5) is 18.3. The van der Waals surface area contributed by atoms with Gasteiger partial charge in [0.05, 0.1) is 19.3 Å². The van der Waals surface area contributed by atoms with Crippen LogP contribution in [0.3, 0.4) is 0 Å². The van der Waals surface area contributed by atoms with Gasteiger partial charge in [0, 0.05) is 22.6 Å². The Hall–Kier alpha value is -2.51. The van der Waals surface area contributed by atoms with Gasteiger partial charge in [0.1, 0.15) is 18.0 Å². The number of halogens is 1. The van der Waals surface area contributed by atoms with E-state index in [-0.39, 0.29) is 12.4 Å². The Labute approximate surface area is 197 Å². The van der Waals surface area contributed by atoms with Gasteiger partial charge in [-0.05, 0) is 29.3 Å². The minimum absolute atomic E-state index is 0.0180. The number of nitrogen functional groups attached to an aromatic ring is 1. The van der Waals surface area contributed by atoms with E-state index in [0.717, 1.165) is 4.57 Å². The monoisotopic (exact) mass is 514 g/mol. The van der Waals surface area contributed by atoms with Crippen molar-refractivity contribution in [3.05, 3.63) is 68.0 Å². The first-order valence-corrected chi connectivity index (χ1v) is 11.8. The number of nitrogens with zero attached hydrogens (tertiary/aromatic N) is 5. The van der Waals surface area contributed by atoms with E-state index >= 15 is 0 Å². The van der Waals surface area contributed by atoms with Crippen LogP contribution in [0.4, 0.5) is 5.82 Å². The number of ether oxygens (including phenoxy) is 1. The standard InChI is InChI=1S/C18H20ClN6O8P/c19-11-3-1-2-10(8-11)12-5-7-30-34(29,33-12)31-9-18(23-24-21)15(27)14(26)16(32-18)25-6-4-13(20)22-17(25)28/h1-4,6,8,12,14-16,26-27H,5,7,9H2,(H2,20,22,28)/t12-,14+,15-,16?,18+,34?/m0/s1. The second-order valence-corrected chi connectivity index (χ2v) is 9.57. The molecule has 1 aromatic heterocycles. The average Bonchev–Trinajstić information content (AvgIpc) is 3.04. The highest BCUT2D eigenvalue weighted by Crippen LogP contribution is 2.58. The molecule has 0 amide bonds. The van der Waals surface area contributed by atoms with Gasteiger partial charge in [0.15, 0.2) is 6.23 Å². The van der Waals surface area contributed by atoms with Crippen LogP contribution < -0.4 is 11.4 Å². The van der Waals surface area contributed by atoms with Gasteiger partial charge in [-0.15, -0.1) is 0 Å². The van der Waals surface area contributed by atoms with Crippen LogP contribution in [0.25, 0.3) is 10.4 Å². The molecule has 2 aromatic rings. The molecular weight excluding hydrogens is 495 g/mol. The molecule has 2 unspecified atom stereocenters. The lowest BCUT2D eigenvalue weighted by atomic mass is 10.1. The van der Waals surface area contributed by atoms with Crippen molar-refractivity contribution in [2.75, 3.05) is 18.9 Å². The molecule has 14 nitrogen and oxygen atoms in total. The van der Waals surface area contributed by atoms with Crippen molar-refractivity contribution < 1.29 is 33.1 Å². The minimum Gasteiger partial charge on any atom is -0.387 e. The average molecular weight is 515 g/mol. The first kappa shape index (κ1) is 24.6. The summed E-state index contributed by atoms with van der Waals surface area (Å²) in [6, 6.07) is 8.03. The number of aromatic nitrogens is 2. The summed E-state index contributed by atoms with van der Waals surface area (Å²) in [5, 5.41) is 25.0. The van der Waals surface area contributed by atoms with Crippen molar-refractivity contribution in [1.29, 1.82) is 0 Å². The SMILES string of the molecule is [N-]=[N+]=N[C@]1(COP2(=O)OCC[C@@H](c3cccc(Cl)c3)O2)OC(n2ccc(N)nc2=O)[C@H](O)[C@@H]1O. The molecular formula is C18H20ClN6O8P. The summed E-state index contributed by atoms with van der Waals surface area (Å²) in [5.74, 6) is -0.0714. The molecule has 0 spiro atoms. The molecule has 2 aliphatic rings. The van der Waals surface area contributed by atoms with Gasteiger partial charge in [-0.2, -0.15) is 4.98 Å². The Kier molecular flexibility index (Phi) is 6.97. The summed E-state index contributed by atoms with van der Waals surface area (Å²) in [6.45, 7) is -0.813. The number of nitrogens with two attached hydrogens (primary N) is 1. The predicted octanol–water partition coefficient (Wildman–Crippen LogP) is 2.04. The van der Waals surface area contributed by atoms with Crippen LogP contribution in [0.15, 0.2) is 46.4 Å². The van der Waals surface area contributed by atoms with E-state index in [0.29, 0.717) is 17.0 Å². The second kappa shape index (κ2) is 9.62. The number of phosphoric acid groups is 1. The first-order chi connectivity index (χ1) is 16.2. The van der Waals surface area contributed by atoms with E-state index in [9.17, 15) is 19.6 Å². The maximum Gasteiger partial charge on any atom is 0.475 e. The lowest BCUT2D eigenvalue weighted by molar-refractivity contribution is -0.126. The second-order valence-electron chi connectivity index (χ2n) is 7.51. The van der Waals surface area contributed by atoms with Crippen LogP contribution in [0.1, 0.15) is 24.3 Å². The largest absolute Gasteiger partial charge is 0.475 e. The molecule has 0 aliphatic carbocycles. The first-order valence-electron chi connectivity index (χ1n) is 9.94. The third-order valence-corrected chi connectivity index (χ3v) is 6.97. The van der Waals surface area contributed by atoms with Crippen LogP contribution in [0.2, 0.25) is 5.02 Å². The number of phosphoric ester groups is 1. The van der Waals surface area contributed by atoms with Gasteiger partial charge >= 0.3 is 13.5 Å². The Balaban J connectivity index is 1.55. The summed E-state index contributed by atoms with van der Waals surface area (Å²) in [6.07, 6.45) is -4.26. The number of rotatable bonds is 6. The van der Waals surface area contributed by atoms with Crippen LogP contribution in [-0.4, -0.2) is 50.9 Å². The van der Waals surface area contributed by atoms with Gasteiger partial charge in [-0.25, -0.2) is 9.36 Å². The Morgan fingerprint density at radius 2 is 2.24 bits per heavy atom. The van der Waals surface area contributed by atoms with E-state index < -0.39 is 50.4 Å². The van der Waals surface area contributed by atoms with E-state index in [1.54, 1.807) is 24.3 Å². The molecule has 34 heavy (non-hydrogen) atoms. The van der Waals surface area contributed by atoms with Gasteiger partial charge in [0.2, 0.25) is 5.72 Å². The third-order valence-electron chi connectivity index (χ3n) is 5.28. The van der Waals surface area contributed by atoms with Crippen LogP contribution in [-0.2, 0) is 22.9 Å². The van der Waals surface area contributed by atoms with Crippen molar-refractivity contribution in [3.63, 3.8) is 0 Å². The zero-order valence-corrected chi connectivity index (χ0v) is 19.0. The van der Waals surface area contributed by atoms with Gasteiger partial charge in [0.25, 0.3) is 0 Å². The van der Waals surface area contributed by atoms with Crippen LogP contribution >= 0.6 is 19.4 Å². The highest BCUT2D eigenvalue weighted by atomic mass is 35.5. The topological polar surface area (TPSA) is 204 Å². The maximum atomic E-state index is 13.1. The summed E-state index contributed by atoms with van der Waals surface area (Å²) >= 11 is 6.01. The third kappa shape index (κ3) is 4.82. The fraction of sp³-hybridized carbons (Fsp3) is 0.444. The number of benzene rings is 1. The molecule has 0 bridgehead atoms. The molecule has 16 heteroatoms. The number of hydrogen-bond acceptors (Lipinski definition) is 11. The molecule has 2 saturated heterocycles. The molecule has 2 aliphatic heterocycles. The van der Waals surface area contributed by atoms with Crippen molar-refractivity contribution >= 4 is 25.2 Å². The molecule has 3 heterocycles. The fourth-order valence-electron chi connectivity index (χ4n) is 3.60. The summed E-state index contributed by atoms with van der Waals surface area (Å²) < 4.78 is 35.6. The smallest absolute Gasteiger partial charge is 0.387 e. The van der Waals surface area contributed by atoms with Gasteiger partial charge < -0.3 is 20.7 Å². The zero-order chi connectivity index (χ0) is 24.5. The van der Waals surface area contributed by atoms with Crippen molar-refractivity contribution in [1.82, 2.24) is 9.55 Å². The number of azide groups is 1. The van der Waals surface area contributed by atoms with E-state index in [1.165, 1.54) is 12.3 Å². The molecule has 4 N–H and O–H groups in total. The Morgan fingerprint density at radius 1 is 1.44 bits per heavy atom. The maximum absolute atomic E-state index is 13.1. The lowest BCUT2D eigenvalue weighted by Crippen LogP contribution is -2.45. The number of aliphatic hydroxyl groups is 2. The van der Waals surface area contributed by atoms with Crippen molar-refractivity contribution in [3.8, 4) is 0 Å². The highest BCUT2D eigenvalue weighted by molar-refractivity contribution is 7.48. The van der Waals surface area contributed by atoms with E-state index in [4.69, 9.17) is 41.2 Å². The van der Waals surface area contributed by atoms with Gasteiger partial charge in [-0.1, -0.05) is 28.8 Å². The molecule has 182 valence electrons. The molecule has 1 aromatic carbocycles. The molecule has 4 rings (SSSR count). The van der Waals surface area contributed by atoms with E-state index in [2.05, 4.69) is 15.0 Å². The van der Waals surface area contributed by atoms with Crippen molar-refractivity contribution in [2.24, 2.45) is 5.11 Å². The Bertz CT molecular complexity index is 1220. The normalized spacial score (nSPS) is 33.4. The quantitative estimate of drug-likeness (QED) is 0.221. The van der Waals surface area contributed by atoms with Crippen molar-refractivity contribution in [2.45, 2.75) is 36.7 Å². The Morgan fingerprint density at radius 3 is 2.94 bits per heavy atom.